The number of nitrogens with zero attached hydrogens (tertiary/aromatic N) is 1. The van der Waals surface area contributed by atoms with Crippen LogP contribution < -0.4 is 5.73 Å². The second-order valence-electron chi connectivity index (χ2n) is 5.96. The van der Waals surface area contributed by atoms with E-state index < -0.39 is 0 Å². The Morgan fingerprint density at radius 1 is 1.35 bits per heavy atom. The van der Waals surface area contributed by atoms with Gasteiger partial charge in [0.25, 0.3) is 0 Å². The Hall–Kier alpha value is -0.380. The lowest BCUT2D eigenvalue weighted by molar-refractivity contribution is 0.0696. The van der Waals surface area contributed by atoms with E-state index in [1.807, 2.05) is 11.3 Å². The summed E-state index contributed by atoms with van der Waals surface area (Å²) in [5.41, 5.74) is 6.21. The van der Waals surface area contributed by atoms with E-state index in [0.717, 1.165) is 6.54 Å². The lowest BCUT2D eigenvalue weighted by Crippen LogP contribution is -2.51. The normalized spacial score (nSPS) is 14.6. The summed E-state index contributed by atoms with van der Waals surface area (Å²) in [5, 5.41) is 2.14. The zero-order valence-corrected chi connectivity index (χ0v) is 12.6. The van der Waals surface area contributed by atoms with Crippen LogP contribution in [0.1, 0.15) is 39.5 Å². The molecule has 2 nitrogen and oxygen atoms in total. The predicted octanol–water partition coefficient (Wildman–Crippen LogP) is 3.33. The van der Waals surface area contributed by atoms with E-state index in [0.29, 0.717) is 18.6 Å². The Bertz CT molecular complexity index is 311. The van der Waals surface area contributed by atoms with E-state index in [2.05, 4.69) is 57.0 Å². The van der Waals surface area contributed by atoms with Crippen molar-refractivity contribution >= 4 is 11.3 Å². The van der Waals surface area contributed by atoms with Crippen LogP contribution in [0.15, 0.2) is 17.5 Å². The largest absolute Gasteiger partial charge is 0.329 e. The molecule has 0 bridgehead atoms. The van der Waals surface area contributed by atoms with Crippen LogP contribution in [0.5, 0.6) is 0 Å². The van der Waals surface area contributed by atoms with E-state index in [-0.39, 0.29) is 5.41 Å². The predicted molar refractivity (Wildman–Crippen MR) is 77.3 cm³/mol. The maximum Gasteiger partial charge on any atom is 0.0334 e. The summed E-state index contributed by atoms with van der Waals surface area (Å²) in [6.45, 7) is 13.0. The van der Waals surface area contributed by atoms with Crippen LogP contribution in [0.3, 0.4) is 0 Å². The minimum Gasteiger partial charge on any atom is -0.329 e. The van der Waals surface area contributed by atoms with E-state index in [1.165, 1.54) is 4.88 Å². The third-order valence-electron chi connectivity index (χ3n) is 3.21. The molecule has 0 aromatic carbocycles. The zero-order chi connectivity index (χ0) is 13.1. The molecule has 0 spiro atoms. The van der Waals surface area contributed by atoms with E-state index in [9.17, 15) is 0 Å². The lowest BCUT2D eigenvalue weighted by atomic mass is 9.85. The summed E-state index contributed by atoms with van der Waals surface area (Å²) in [4.78, 5) is 3.94. The van der Waals surface area contributed by atoms with Crippen LogP contribution in [-0.4, -0.2) is 23.5 Å². The van der Waals surface area contributed by atoms with Gasteiger partial charge in [-0.2, -0.15) is 0 Å². The number of nitrogens with two attached hydrogens (primary N) is 1. The van der Waals surface area contributed by atoms with Crippen molar-refractivity contribution in [1.29, 1.82) is 0 Å². The van der Waals surface area contributed by atoms with Crippen molar-refractivity contribution in [2.24, 2.45) is 11.1 Å². The van der Waals surface area contributed by atoms with Crippen molar-refractivity contribution in [3.63, 3.8) is 0 Å². The first-order valence-electron chi connectivity index (χ1n) is 6.34. The molecule has 1 aromatic heterocycles. The van der Waals surface area contributed by atoms with Gasteiger partial charge < -0.3 is 5.73 Å². The second kappa shape index (κ2) is 5.98. The summed E-state index contributed by atoms with van der Waals surface area (Å²) in [7, 11) is 0. The van der Waals surface area contributed by atoms with Gasteiger partial charge in [0.05, 0.1) is 0 Å². The SMILES string of the molecule is CC(C)N(Cc1cccs1)C(CN)C(C)(C)C. The molecule has 0 fully saturated rings. The molecule has 98 valence electrons. The summed E-state index contributed by atoms with van der Waals surface area (Å²) in [6.07, 6.45) is 0. The highest BCUT2D eigenvalue weighted by atomic mass is 32.1. The molecule has 0 aliphatic carbocycles. The molecule has 2 N–H and O–H groups in total. The van der Waals surface area contributed by atoms with Gasteiger partial charge in [0.2, 0.25) is 0 Å². The number of hydrogen-bond donors (Lipinski definition) is 1. The smallest absolute Gasteiger partial charge is 0.0334 e. The molecule has 1 aromatic rings. The first-order valence-corrected chi connectivity index (χ1v) is 7.22. The van der Waals surface area contributed by atoms with Gasteiger partial charge in [0.15, 0.2) is 0 Å². The van der Waals surface area contributed by atoms with Gasteiger partial charge in [-0.15, -0.1) is 11.3 Å². The fraction of sp³-hybridized carbons (Fsp3) is 0.714. The van der Waals surface area contributed by atoms with E-state index in [4.69, 9.17) is 5.73 Å². The molecule has 0 amide bonds. The van der Waals surface area contributed by atoms with Gasteiger partial charge in [-0.25, -0.2) is 0 Å². The maximum absolute atomic E-state index is 5.99. The average Bonchev–Trinajstić information content (AvgIpc) is 2.67. The molecule has 0 saturated heterocycles. The first-order chi connectivity index (χ1) is 7.86. The van der Waals surface area contributed by atoms with Crippen LogP contribution in [0.2, 0.25) is 0 Å². The van der Waals surface area contributed by atoms with Gasteiger partial charge in [0, 0.05) is 30.1 Å². The van der Waals surface area contributed by atoms with Gasteiger partial charge in [-0.05, 0) is 30.7 Å². The number of rotatable bonds is 5. The Kier molecular flexibility index (Phi) is 5.17. The van der Waals surface area contributed by atoms with Crippen molar-refractivity contribution < 1.29 is 0 Å². The van der Waals surface area contributed by atoms with Crippen LogP contribution >= 0.6 is 11.3 Å². The summed E-state index contributed by atoms with van der Waals surface area (Å²) < 4.78 is 0. The molecule has 1 unspecified atom stereocenters. The highest BCUT2D eigenvalue weighted by Gasteiger charge is 2.30. The molecule has 0 aliphatic heterocycles. The van der Waals surface area contributed by atoms with Crippen molar-refractivity contribution in [3.05, 3.63) is 22.4 Å². The van der Waals surface area contributed by atoms with Crippen molar-refractivity contribution in [2.75, 3.05) is 6.54 Å². The molecule has 1 heterocycles. The third kappa shape index (κ3) is 4.09. The number of thiophene rings is 1. The molecular weight excluding hydrogens is 228 g/mol. The molecule has 0 radical (unpaired) electrons. The van der Waals surface area contributed by atoms with Gasteiger partial charge in [-0.1, -0.05) is 26.8 Å². The van der Waals surface area contributed by atoms with Crippen LogP contribution in [0.4, 0.5) is 0 Å². The highest BCUT2D eigenvalue weighted by Crippen LogP contribution is 2.27. The molecular formula is C14H26N2S. The van der Waals surface area contributed by atoms with Gasteiger partial charge >= 0.3 is 0 Å². The lowest BCUT2D eigenvalue weighted by Gasteiger charge is -2.41. The second-order valence-corrected chi connectivity index (χ2v) is 7.00. The fourth-order valence-corrected chi connectivity index (χ4v) is 2.93. The molecule has 1 atom stereocenters. The van der Waals surface area contributed by atoms with Gasteiger partial charge in [0.1, 0.15) is 0 Å². The Morgan fingerprint density at radius 2 is 2.00 bits per heavy atom. The minimum atomic E-state index is 0.219. The van der Waals surface area contributed by atoms with Crippen molar-refractivity contribution in [3.8, 4) is 0 Å². The fourth-order valence-electron chi connectivity index (χ4n) is 2.22. The molecule has 17 heavy (non-hydrogen) atoms. The summed E-state index contributed by atoms with van der Waals surface area (Å²) >= 11 is 1.82. The number of hydrogen-bond acceptors (Lipinski definition) is 3. The summed E-state index contributed by atoms with van der Waals surface area (Å²) in [5.74, 6) is 0. The standard InChI is InChI=1S/C14H26N2S/c1-11(2)16(10-12-7-6-8-17-12)13(9-15)14(3,4)5/h6-8,11,13H,9-10,15H2,1-5H3. The Balaban J connectivity index is 2.84. The topological polar surface area (TPSA) is 29.3 Å². The monoisotopic (exact) mass is 254 g/mol. The van der Waals surface area contributed by atoms with Crippen molar-refractivity contribution in [2.45, 2.75) is 53.2 Å². The Morgan fingerprint density at radius 3 is 2.35 bits per heavy atom. The van der Waals surface area contributed by atoms with Crippen LogP contribution in [-0.2, 0) is 6.54 Å². The quantitative estimate of drug-likeness (QED) is 0.873. The van der Waals surface area contributed by atoms with Gasteiger partial charge in [-0.3, -0.25) is 4.90 Å². The summed E-state index contributed by atoms with van der Waals surface area (Å²) in [6, 6.07) is 5.26. The molecule has 0 aliphatic rings. The maximum atomic E-state index is 5.99. The third-order valence-corrected chi connectivity index (χ3v) is 4.07. The molecule has 3 heteroatoms. The van der Waals surface area contributed by atoms with E-state index in [1.54, 1.807) is 0 Å². The van der Waals surface area contributed by atoms with E-state index >= 15 is 0 Å². The average molecular weight is 254 g/mol. The highest BCUT2D eigenvalue weighted by molar-refractivity contribution is 7.09. The minimum absolute atomic E-state index is 0.219. The molecule has 1 rings (SSSR count). The molecule has 0 saturated carbocycles. The first kappa shape index (κ1) is 14.7. The van der Waals surface area contributed by atoms with Crippen LogP contribution in [0.25, 0.3) is 0 Å². The van der Waals surface area contributed by atoms with Crippen molar-refractivity contribution in [1.82, 2.24) is 4.90 Å². The van der Waals surface area contributed by atoms with Crippen LogP contribution in [0, 0.1) is 5.41 Å². The zero-order valence-electron chi connectivity index (χ0n) is 11.7. The Labute approximate surface area is 110 Å².